The van der Waals surface area contributed by atoms with Crippen LogP contribution in [0, 0.1) is 0 Å². The predicted octanol–water partition coefficient (Wildman–Crippen LogP) is -5.55. The van der Waals surface area contributed by atoms with Crippen LogP contribution in [-0.4, -0.2) is 174 Å². The van der Waals surface area contributed by atoms with Gasteiger partial charge in [-0.05, 0) is 26.2 Å². The fourth-order valence-corrected chi connectivity index (χ4v) is 7.42. The lowest BCUT2D eigenvalue weighted by atomic mass is 10.0. The molecule has 0 spiro atoms. The van der Waals surface area contributed by atoms with E-state index >= 15 is 0 Å². The van der Waals surface area contributed by atoms with Gasteiger partial charge in [-0.15, -0.1) is 0 Å². The molecular weight excluding hydrogens is 877 g/mol. The number of aliphatic carboxylic acids is 5. The Morgan fingerprint density at radius 3 is 1.48 bits per heavy atom. The Bertz CT molecular complexity index is 1730. The number of aliphatic hydroxyl groups excluding tert-OH is 1. The monoisotopic (exact) mass is 924 g/mol. The van der Waals surface area contributed by atoms with Gasteiger partial charge < -0.3 is 73.2 Å². The van der Waals surface area contributed by atoms with Crippen LogP contribution in [0.15, 0.2) is 0 Å². The summed E-state index contributed by atoms with van der Waals surface area (Å²) in [5.74, 6) is -18.0. The Balaban J connectivity index is 3.76. The van der Waals surface area contributed by atoms with Crippen molar-refractivity contribution in [2.24, 2.45) is 0 Å². The Labute approximate surface area is 358 Å². The van der Waals surface area contributed by atoms with Crippen molar-refractivity contribution >= 4 is 98.7 Å². The van der Waals surface area contributed by atoms with E-state index in [0.717, 1.165) is 35.4 Å². The van der Waals surface area contributed by atoms with E-state index in [4.69, 9.17) is 0 Å². The fourth-order valence-electron chi connectivity index (χ4n) is 5.10. The largest absolute Gasteiger partial charge is 0.481 e. The third-order valence-electron chi connectivity index (χ3n) is 8.22. The van der Waals surface area contributed by atoms with Gasteiger partial charge in [-0.1, -0.05) is 21.6 Å². The van der Waals surface area contributed by atoms with Crippen molar-refractivity contribution in [3.8, 4) is 0 Å². The summed E-state index contributed by atoms with van der Waals surface area (Å²) in [6.45, 7) is 1.05. The molecule has 0 aliphatic carbocycles. The third-order valence-corrected chi connectivity index (χ3v) is 10.6. The lowest BCUT2D eigenvalue weighted by molar-refractivity contribution is -0.142. The molecule has 8 atom stereocenters. The number of carbonyl (C=O) groups excluding carboxylic acids is 8. The molecule has 0 bridgehead atoms. The summed E-state index contributed by atoms with van der Waals surface area (Å²) in [6.07, 6.45) is -7.21. The van der Waals surface area contributed by atoms with E-state index in [1.165, 1.54) is 0 Å². The maximum absolute atomic E-state index is 13.5. The van der Waals surface area contributed by atoms with Crippen LogP contribution < -0.4 is 42.5 Å². The van der Waals surface area contributed by atoms with Crippen LogP contribution in [0.2, 0.25) is 0 Å². The summed E-state index contributed by atoms with van der Waals surface area (Å²) in [7, 11) is 1.52. The van der Waals surface area contributed by atoms with E-state index in [9.17, 15) is 93.0 Å². The molecule has 346 valence electrons. The Morgan fingerprint density at radius 1 is 0.597 bits per heavy atom. The minimum absolute atomic E-state index is 0.375. The summed E-state index contributed by atoms with van der Waals surface area (Å²) in [5.41, 5.74) is 0. The van der Waals surface area contributed by atoms with Gasteiger partial charge in [-0.3, -0.25) is 57.5 Å². The van der Waals surface area contributed by atoms with Crippen molar-refractivity contribution in [1.29, 1.82) is 0 Å². The standard InChI is InChI=1S/C33H48N8O19S2/c1-13(42)26-32(58)34-10-21(44)36-15(3-6-22(45)46)27(53)40-20(33(59)60)12-62-61-11-19(35-14(2)43)31(57)39-18(9-25(51)52)30(56)38-16(4-7-23(47)48)28(54)37-17(29(55)41-26)5-8-24(49)50/h13,15-20,26,42H,3-12H2,1-2H3,(H,34,58)(H,35,43)(H,36,44)(H,37,54)(H,38,56)(H,39,57)(H,40,53)(H,41,55)(H,45,46)(H,47,48)(H,49,50)(H,51,52)(H,59,60)/t13-,15+,16+,17+,18+,19+,20+,26+/m1/s1. The van der Waals surface area contributed by atoms with Gasteiger partial charge in [0.05, 0.1) is 19.1 Å². The number of rotatable bonds is 14. The van der Waals surface area contributed by atoms with Crippen molar-refractivity contribution in [2.75, 3.05) is 18.1 Å². The highest BCUT2D eigenvalue weighted by Gasteiger charge is 2.35. The number of hydrogen-bond acceptors (Lipinski definition) is 16. The lowest BCUT2D eigenvalue weighted by Gasteiger charge is -2.27. The van der Waals surface area contributed by atoms with Gasteiger partial charge in [0.1, 0.15) is 42.3 Å². The molecule has 8 amide bonds. The van der Waals surface area contributed by atoms with Crippen molar-refractivity contribution in [3.63, 3.8) is 0 Å². The first-order valence-electron chi connectivity index (χ1n) is 18.3. The van der Waals surface area contributed by atoms with E-state index < -0.39 is 183 Å². The summed E-state index contributed by atoms with van der Waals surface area (Å²) in [4.78, 5) is 163. The van der Waals surface area contributed by atoms with Gasteiger partial charge in [0.25, 0.3) is 0 Å². The second kappa shape index (κ2) is 26.9. The second-order valence-corrected chi connectivity index (χ2v) is 15.9. The quantitative estimate of drug-likeness (QED) is 0.0722. The number of amides is 8. The van der Waals surface area contributed by atoms with Crippen LogP contribution in [-0.2, 0) is 62.3 Å². The number of carboxylic acids is 5. The molecule has 0 radical (unpaired) electrons. The highest BCUT2D eigenvalue weighted by Crippen LogP contribution is 2.23. The molecular formula is C33H48N8O19S2. The van der Waals surface area contributed by atoms with Crippen molar-refractivity contribution in [2.45, 2.75) is 107 Å². The molecule has 1 aliphatic heterocycles. The van der Waals surface area contributed by atoms with Gasteiger partial charge >= 0.3 is 29.8 Å². The zero-order chi connectivity index (χ0) is 47.3. The maximum Gasteiger partial charge on any atom is 0.327 e. The molecule has 27 nitrogen and oxygen atoms in total. The summed E-state index contributed by atoms with van der Waals surface area (Å²) in [5, 5.41) is 74.4. The maximum atomic E-state index is 13.5. The van der Waals surface area contributed by atoms with Gasteiger partial charge in [-0.2, -0.15) is 0 Å². The Morgan fingerprint density at radius 2 is 1.03 bits per heavy atom. The topological polar surface area (TPSA) is 440 Å². The number of aliphatic hydroxyl groups is 1. The number of carbonyl (C=O) groups is 13. The normalized spacial score (nSPS) is 24.8. The second-order valence-electron chi connectivity index (χ2n) is 13.4. The molecule has 0 unspecified atom stereocenters. The number of nitrogens with one attached hydrogen (secondary N) is 8. The average Bonchev–Trinajstić information content (AvgIpc) is 3.16. The first kappa shape index (κ1) is 53.8. The van der Waals surface area contributed by atoms with E-state index in [-0.39, 0.29) is 5.75 Å². The summed E-state index contributed by atoms with van der Waals surface area (Å²) >= 11 is 0. The van der Waals surface area contributed by atoms with E-state index in [1.54, 1.807) is 0 Å². The molecule has 14 N–H and O–H groups in total. The van der Waals surface area contributed by atoms with Crippen LogP contribution in [0.4, 0.5) is 0 Å². The van der Waals surface area contributed by atoms with Gasteiger partial charge in [-0.25, -0.2) is 4.79 Å². The molecule has 1 rings (SSSR count). The van der Waals surface area contributed by atoms with Gasteiger partial charge in [0.15, 0.2) is 0 Å². The molecule has 0 aromatic carbocycles. The first-order valence-corrected chi connectivity index (χ1v) is 20.8. The minimum Gasteiger partial charge on any atom is -0.481 e. The SMILES string of the molecule is CC(=O)N[C@H]1CSSC[C@@H](C(=O)O)NC(=O)[C@H](CCC(=O)O)NC(=O)CNC(=O)[C@H]([C@@H](C)O)NC(=O)[C@H](CCC(=O)O)NC(=O)[C@H](CCC(=O)O)NC(=O)[C@H](CC(=O)O)NC1=O. The molecule has 0 aromatic rings. The zero-order valence-corrected chi connectivity index (χ0v) is 34.6. The smallest absolute Gasteiger partial charge is 0.327 e. The summed E-state index contributed by atoms with van der Waals surface area (Å²) in [6, 6.07) is -12.7. The molecule has 1 fully saturated rings. The first-order chi connectivity index (χ1) is 28.9. The highest BCUT2D eigenvalue weighted by molar-refractivity contribution is 8.76. The fraction of sp³-hybridized carbons (Fsp3) is 0.606. The van der Waals surface area contributed by atoms with Crippen LogP contribution in [0.3, 0.4) is 0 Å². The van der Waals surface area contributed by atoms with E-state index in [2.05, 4.69) is 42.5 Å². The highest BCUT2D eigenvalue weighted by atomic mass is 33.1. The van der Waals surface area contributed by atoms with Crippen LogP contribution in [0.25, 0.3) is 0 Å². The van der Waals surface area contributed by atoms with Crippen LogP contribution in [0.1, 0.15) is 58.8 Å². The molecule has 1 saturated heterocycles. The number of carboxylic acid groups (broad SMARTS) is 5. The van der Waals surface area contributed by atoms with Crippen LogP contribution in [0.5, 0.6) is 0 Å². The lowest BCUT2D eigenvalue weighted by Crippen LogP contribution is -2.61. The van der Waals surface area contributed by atoms with Crippen molar-refractivity contribution < 1.29 is 93.0 Å². The predicted molar refractivity (Wildman–Crippen MR) is 209 cm³/mol. The Kier molecular flexibility index (Phi) is 23.3. The van der Waals surface area contributed by atoms with Gasteiger partial charge in [0, 0.05) is 37.7 Å². The minimum atomic E-state index is -2.01. The Hall–Kier alpha value is -6.23. The van der Waals surface area contributed by atoms with Crippen LogP contribution >= 0.6 is 21.6 Å². The average molecular weight is 925 g/mol. The molecule has 1 heterocycles. The molecule has 0 saturated carbocycles. The van der Waals surface area contributed by atoms with Gasteiger partial charge in [0.2, 0.25) is 47.3 Å². The molecule has 0 aromatic heterocycles. The number of hydrogen-bond donors (Lipinski definition) is 14. The third kappa shape index (κ3) is 20.8. The van der Waals surface area contributed by atoms with E-state index in [0.29, 0.717) is 0 Å². The molecule has 1 aliphatic rings. The van der Waals surface area contributed by atoms with E-state index in [1.807, 2.05) is 0 Å². The van der Waals surface area contributed by atoms with Crippen molar-refractivity contribution in [1.82, 2.24) is 42.5 Å². The molecule has 29 heteroatoms. The zero-order valence-electron chi connectivity index (χ0n) is 33.0. The summed E-state index contributed by atoms with van der Waals surface area (Å²) < 4.78 is 0. The van der Waals surface area contributed by atoms with Crippen molar-refractivity contribution in [3.05, 3.63) is 0 Å². The molecule has 62 heavy (non-hydrogen) atoms.